The van der Waals surface area contributed by atoms with E-state index in [0.717, 1.165) is 31.6 Å². The van der Waals surface area contributed by atoms with Crippen LogP contribution in [-0.2, 0) is 0 Å². The number of hydrogen-bond donors (Lipinski definition) is 1. The Labute approximate surface area is 122 Å². The summed E-state index contributed by atoms with van der Waals surface area (Å²) in [5, 5.41) is 3.15. The monoisotopic (exact) mass is 288 g/mol. The first-order valence-electron chi connectivity index (χ1n) is 6.95. The van der Waals surface area contributed by atoms with Gasteiger partial charge in [0.15, 0.2) is 0 Å². The van der Waals surface area contributed by atoms with Crippen molar-refractivity contribution in [2.45, 2.75) is 12.8 Å². The van der Waals surface area contributed by atoms with Crippen LogP contribution in [0.15, 0.2) is 30.3 Å². The summed E-state index contributed by atoms with van der Waals surface area (Å²) in [6.45, 7) is 1.92. The van der Waals surface area contributed by atoms with Gasteiger partial charge in [0.2, 0.25) is 11.8 Å². The van der Waals surface area contributed by atoms with Gasteiger partial charge in [0, 0.05) is 24.8 Å². The highest BCUT2D eigenvalue weighted by atomic mass is 19.1. The van der Waals surface area contributed by atoms with Gasteiger partial charge in [-0.2, -0.15) is 9.97 Å². The summed E-state index contributed by atoms with van der Waals surface area (Å²) in [5.41, 5.74) is 0.768. The van der Waals surface area contributed by atoms with E-state index in [4.69, 9.17) is 4.74 Å². The predicted octanol–water partition coefficient (Wildman–Crippen LogP) is 2.97. The molecule has 0 saturated carbocycles. The van der Waals surface area contributed by atoms with E-state index in [9.17, 15) is 4.39 Å². The largest absolute Gasteiger partial charge is 0.481 e. The maximum Gasteiger partial charge on any atom is 0.230 e. The molecule has 1 aliphatic heterocycles. The molecule has 1 aliphatic rings. The minimum absolute atomic E-state index is 0.265. The van der Waals surface area contributed by atoms with Gasteiger partial charge in [-0.05, 0) is 37.1 Å². The number of nitrogens with zero attached hydrogens (tertiary/aromatic N) is 3. The summed E-state index contributed by atoms with van der Waals surface area (Å²) in [7, 11) is 1.58. The lowest BCUT2D eigenvalue weighted by Gasteiger charge is -2.17. The third-order valence-corrected chi connectivity index (χ3v) is 3.41. The lowest BCUT2D eigenvalue weighted by Crippen LogP contribution is -2.21. The smallest absolute Gasteiger partial charge is 0.230 e. The third-order valence-electron chi connectivity index (χ3n) is 3.41. The highest BCUT2D eigenvalue weighted by Crippen LogP contribution is 2.24. The minimum atomic E-state index is -0.265. The molecule has 21 heavy (non-hydrogen) atoms. The van der Waals surface area contributed by atoms with Crippen molar-refractivity contribution in [3.63, 3.8) is 0 Å². The number of aromatic nitrogens is 2. The molecular formula is C15H17FN4O. The fraction of sp³-hybridized carbons (Fsp3) is 0.333. The Hall–Kier alpha value is -2.37. The molecule has 1 fully saturated rings. The Balaban J connectivity index is 1.86. The van der Waals surface area contributed by atoms with Crippen LogP contribution < -0.4 is 15.0 Å². The van der Waals surface area contributed by atoms with Crippen molar-refractivity contribution in [1.82, 2.24) is 9.97 Å². The number of halogens is 1. The fourth-order valence-corrected chi connectivity index (χ4v) is 2.32. The van der Waals surface area contributed by atoms with Gasteiger partial charge in [0.25, 0.3) is 0 Å². The molecule has 1 aromatic heterocycles. The molecule has 2 heterocycles. The molecule has 1 saturated heterocycles. The number of methoxy groups -OCH3 is 1. The van der Waals surface area contributed by atoms with Crippen molar-refractivity contribution in [2.24, 2.45) is 0 Å². The van der Waals surface area contributed by atoms with Crippen molar-refractivity contribution in [2.75, 3.05) is 30.4 Å². The van der Waals surface area contributed by atoms with Crippen LogP contribution in [0, 0.1) is 5.82 Å². The van der Waals surface area contributed by atoms with E-state index in [0.29, 0.717) is 17.6 Å². The standard InChI is InChI=1S/C15H17FN4O/c1-21-14-10-13(17-12-6-4-11(16)5-7-12)18-15(19-14)20-8-2-3-9-20/h4-7,10H,2-3,8-9H2,1H3,(H,17,18,19). The van der Waals surface area contributed by atoms with Crippen LogP contribution in [-0.4, -0.2) is 30.2 Å². The van der Waals surface area contributed by atoms with Crippen molar-refractivity contribution in [3.05, 3.63) is 36.1 Å². The highest BCUT2D eigenvalue weighted by Gasteiger charge is 2.17. The van der Waals surface area contributed by atoms with E-state index in [1.54, 1.807) is 25.3 Å². The van der Waals surface area contributed by atoms with Crippen LogP contribution in [0.1, 0.15) is 12.8 Å². The summed E-state index contributed by atoms with van der Waals surface area (Å²) < 4.78 is 18.2. The maximum absolute atomic E-state index is 12.9. The van der Waals surface area contributed by atoms with Crippen LogP contribution in [0.25, 0.3) is 0 Å². The molecule has 1 N–H and O–H groups in total. The van der Waals surface area contributed by atoms with E-state index in [-0.39, 0.29) is 5.82 Å². The van der Waals surface area contributed by atoms with Gasteiger partial charge in [-0.15, -0.1) is 0 Å². The van der Waals surface area contributed by atoms with E-state index in [1.807, 2.05) is 0 Å². The van der Waals surface area contributed by atoms with Gasteiger partial charge >= 0.3 is 0 Å². The van der Waals surface area contributed by atoms with E-state index >= 15 is 0 Å². The molecule has 0 amide bonds. The number of hydrogen-bond acceptors (Lipinski definition) is 5. The second-order valence-corrected chi connectivity index (χ2v) is 4.92. The zero-order chi connectivity index (χ0) is 14.7. The number of benzene rings is 1. The number of anilines is 3. The molecule has 0 aliphatic carbocycles. The highest BCUT2D eigenvalue weighted by molar-refractivity contribution is 5.58. The second kappa shape index (κ2) is 5.95. The number of ether oxygens (including phenoxy) is 1. The first-order chi connectivity index (χ1) is 10.2. The van der Waals surface area contributed by atoms with Gasteiger partial charge < -0.3 is 15.0 Å². The molecule has 0 radical (unpaired) electrons. The fourth-order valence-electron chi connectivity index (χ4n) is 2.32. The van der Waals surface area contributed by atoms with E-state index in [2.05, 4.69) is 20.2 Å². The van der Waals surface area contributed by atoms with Crippen molar-refractivity contribution < 1.29 is 9.13 Å². The SMILES string of the molecule is COc1cc(Nc2ccc(F)cc2)nc(N2CCCC2)n1. The summed E-state index contributed by atoms with van der Waals surface area (Å²) in [6.07, 6.45) is 2.31. The molecule has 1 aromatic carbocycles. The summed E-state index contributed by atoms with van der Waals surface area (Å²) in [5.74, 6) is 1.54. The lowest BCUT2D eigenvalue weighted by molar-refractivity contribution is 0.397. The quantitative estimate of drug-likeness (QED) is 0.937. The molecule has 110 valence electrons. The van der Waals surface area contributed by atoms with Crippen LogP contribution in [0.5, 0.6) is 5.88 Å². The Morgan fingerprint density at radius 3 is 2.52 bits per heavy atom. The van der Waals surface area contributed by atoms with Crippen molar-refractivity contribution >= 4 is 17.5 Å². The van der Waals surface area contributed by atoms with Gasteiger partial charge in [0.05, 0.1) is 7.11 Å². The molecule has 2 aromatic rings. The van der Waals surface area contributed by atoms with Gasteiger partial charge in [-0.3, -0.25) is 0 Å². The van der Waals surface area contributed by atoms with Crippen LogP contribution >= 0.6 is 0 Å². The molecule has 0 unspecified atom stereocenters. The average Bonchev–Trinajstić information content (AvgIpc) is 3.04. The van der Waals surface area contributed by atoms with Crippen LogP contribution in [0.4, 0.5) is 21.8 Å². The summed E-state index contributed by atoms with van der Waals surface area (Å²) >= 11 is 0. The minimum Gasteiger partial charge on any atom is -0.481 e. The molecule has 5 nitrogen and oxygen atoms in total. The predicted molar refractivity (Wildman–Crippen MR) is 79.7 cm³/mol. The Morgan fingerprint density at radius 1 is 1.14 bits per heavy atom. The number of nitrogens with one attached hydrogen (secondary N) is 1. The Bertz CT molecular complexity index is 612. The molecular weight excluding hydrogens is 271 g/mol. The molecule has 0 spiro atoms. The summed E-state index contributed by atoms with van der Waals surface area (Å²) in [6, 6.07) is 7.87. The lowest BCUT2D eigenvalue weighted by atomic mass is 10.3. The van der Waals surface area contributed by atoms with Crippen molar-refractivity contribution in [3.8, 4) is 5.88 Å². The first-order valence-corrected chi connectivity index (χ1v) is 6.95. The zero-order valence-electron chi connectivity index (χ0n) is 11.8. The molecule has 0 atom stereocenters. The Morgan fingerprint density at radius 2 is 1.86 bits per heavy atom. The third kappa shape index (κ3) is 3.21. The molecule has 6 heteroatoms. The van der Waals surface area contributed by atoms with Gasteiger partial charge in [0.1, 0.15) is 11.6 Å². The molecule has 3 rings (SSSR count). The molecule has 0 bridgehead atoms. The second-order valence-electron chi connectivity index (χ2n) is 4.92. The first kappa shape index (κ1) is 13.6. The normalized spacial score (nSPS) is 14.3. The Kier molecular flexibility index (Phi) is 3.85. The van der Waals surface area contributed by atoms with E-state index < -0.39 is 0 Å². The maximum atomic E-state index is 12.9. The van der Waals surface area contributed by atoms with E-state index in [1.165, 1.54) is 12.1 Å². The van der Waals surface area contributed by atoms with Gasteiger partial charge in [-0.1, -0.05) is 0 Å². The zero-order valence-corrected chi connectivity index (χ0v) is 11.8. The van der Waals surface area contributed by atoms with Gasteiger partial charge in [-0.25, -0.2) is 4.39 Å². The van der Waals surface area contributed by atoms with Crippen LogP contribution in [0.3, 0.4) is 0 Å². The average molecular weight is 288 g/mol. The number of rotatable bonds is 4. The topological polar surface area (TPSA) is 50.3 Å². The van der Waals surface area contributed by atoms with Crippen molar-refractivity contribution in [1.29, 1.82) is 0 Å². The summed E-state index contributed by atoms with van der Waals surface area (Å²) in [4.78, 5) is 11.0. The van der Waals surface area contributed by atoms with Crippen LogP contribution in [0.2, 0.25) is 0 Å².